The molecule has 0 aliphatic carbocycles. The van der Waals surface area contributed by atoms with Gasteiger partial charge in [-0.1, -0.05) is 36.2 Å². The number of halogens is 2. The largest absolute Gasteiger partial charge is 0.381 e. The van der Waals surface area contributed by atoms with Crippen molar-refractivity contribution in [3.63, 3.8) is 0 Å². The zero-order chi connectivity index (χ0) is 16.2. The molecule has 1 aliphatic heterocycles. The molecule has 122 valence electrons. The van der Waals surface area contributed by atoms with Crippen molar-refractivity contribution in [2.45, 2.75) is 26.3 Å². The van der Waals surface area contributed by atoms with Crippen LogP contribution in [0.4, 0.5) is 11.5 Å². The van der Waals surface area contributed by atoms with E-state index in [0.717, 1.165) is 46.1 Å². The minimum atomic E-state index is 0.671. The van der Waals surface area contributed by atoms with Crippen LogP contribution in [0.25, 0.3) is 0 Å². The molecule has 1 fully saturated rings. The van der Waals surface area contributed by atoms with Crippen LogP contribution in [0, 0.1) is 5.92 Å². The topological polar surface area (TPSA) is 28.2 Å². The Kier molecular flexibility index (Phi) is 5.29. The van der Waals surface area contributed by atoms with E-state index in [1.165, 1.54) is 12.8 Å². The summed E-state index contributed by atoms with van der Waals surface area (Å²) in [6.07, 6.45) is 4.31. The molecule has 0 spiro atoms. The molecule has 1 N–H and O–H groups in total. The summed E-state index contributed by atoms with van der Waals surface area (Å²) in [5, 5.41) is 4.79. The van der Waals surface area contributed by atoms with Gasteiger partial charge in [-0.2, -0.15) is 0 Å². The Morgan fingerprint density at radius 1 is 1.22 bits per heavy atom. The molecule has 1 aliphatic rings. The van der Waals surface area contributed by atoms with E-state index >= 15 is 0 Å². The fraction of sp³-hybridized carbons (Fsp3) is 0.389. The molecule has 0 bridgehead atoms. The molecule has 3 rings (SSSR count). The van der Waals surface area contributed by atoms with Gasteiger partial charge in [-0.05, 0) is 48.6 Å². The van der Waals surface area contributed by atoms with Crippen molar-refractivity contribution >= 4 is 34.7 Å². The molecule has 1 aromatic carbocycles. The maximum atomic E-state index is 6.45. The van der Waals surface area contributed by atoms with Crippen molar-refractivity contribution in [2.75, 3.05) is 23.3 Å². The van der Waals surface area contributed by atoms with E-state index in [1.54, 1.807) is 0 Å². The normalized spacial score (nSPS) is 15.7. The highest BCUT2D eigenvalue weighted by Crippen LogP contribution is 2.28. The Labute approximate surface area is 147 Å². The van der Waals surface area contributed by atoms with Gasteiger partial charge in [0, 0.05) is 36.5 Å². The van der Waals surface area contributed by atoms with E-state index in [-0.39, 0.29) is 0 Å². The number of rotatable bonds is 4. The second-order valence-electron chi connectivity index (χ2n) is 6.18. The number of nitrogens with zero attached hydrogens (tertiary/aromatic N) is 2. The molecule has 0 amide bonds. The van der Waals surface area contributed by atoms with Crippen LogP contribution >= 0.6 is 23.2 Å². The SMILES string of the molecule is CC1CCN(c2ncc(CNc3cccc(Cl)c3)cc2Cl)CC1. The number of anilines is 2. The summed E-state index contributed by atoms with van der Waals surface area (Å²) < 4.78 is 0. The Balaban J connectivity index is 1.65. The highest BCUT2D eigenvalue weighted by molar-refractivity contribution is 6.33. The number of pyridine rings is 1. The maximum Gasteiger partial charge on any atom is 0.147 e. The number of nitrogens with one attached hydrogen (secondary N) is 1. The highest BCUT2D eigenvalue weighted by Gasteiger charge is 2.19. The maximum absolute atomic E-state index is 6.45. The van der Waals surface area contributed by atoms with Crippen LogP contribution in [-0.2, 0) is 6.54 Å². The molecule has 1 saturated heterocycles. The third-order valence-electron chi connectivity index (χ3n) is 4.28. The van der Waals surface area contributed by atoms with Gasteiger partial charge in [0.05, 0.1) is 5.02 Å². The van der Waals surface area contributed by atoms with E-state index in [1.807, 2.05) is 36.5 Å². The lowest BCUT2D eigenvalue weighted by atomic mass is 9.99. The van der Waals surface area contributed by atoms with Gasteiger partial charge in [0.2, 0.25) is 0 Å². The van der Waals surface area contributed by atoms with Crippen molar-refractivity contribution < 1.29 is 0 Å². The van der Waals surface area contributed by atoms with Crippen LogP contribution in [0.2, 0.25) is 10.0 Å². The van der Waals surface area contributed by atoms with Crippen LogP contribution in [0.1, 0.15) is 25.3 Å². The molecular weight excluding hydrogens is 329 g/mol. The first-order valence-electron chi connectivity index (χ1n) is 8.00. The first kappa shape index (κ1) is 16.4. The lowest BCUT2D eigenvalue weighted by Crippen LogP contribution is -2.33. The molecule has 0 unspecified atom stereocenters. The van der Waals surface area contributed by atoms with E-state index in [9.17, 15) is 0 Å². The lowest BCUT2D eigenvalue weighted by molar-refractivity contribution is 0.436. The molecule has 5 heteroatoms. The van der Waals surface area contributed by atoms with Crippen LogP contribution in [-0.4, -0.2) is 18.1 Å². The molecule has 0 radical (unpaired) electrons. The standard InChI is InChI=1S/C18H21Cl2N3/c1-13-5-7-23(8-6-13)18-17(20)9-14(12-22-18)11-21-16-4-2-3-15(19)10-16/h2-4,9-10,12-13,21H,5-8,11H2,1H3. The van der Waals surface area contributed by atoms with E-state index in [2.05, 4.69) is 22.1 Å². The number of hydrogen-bond acceptors (Lipinski definition) is 3. The second kappa shape index (κ2) is 7.41. The Hall–Kier alpha value is -1.45. The molecule has 0 atom stereocenters. The molecule has 23 heavy (non-hydrogen) atoms. The zero-order valence-electron chi connectivity index (χ0n) is 13.2. The minimum absolute atomic E-state index is 0.671. The third-order valence-corrected chi connectivity index (χ3v) is 4.80. The van der Waals surface area contributed by atoms with Gasteiger partial charge in [-0.15, -0.1) is 0 Å². The number of piperidine rings is 1. The van der Waals surface area contributed by atoms with Crippen molar-refractivity contribution in [1.82, 2.24) is 4.98 Å². The zero-order valence-corrected chi connectivity index (χ0v) is 14.7. The molecule has 2 aromatic rings. The lowest BCUT2D eigenvalue weighted by Gasteiger charge is -2.31. The number of aromatic nitrogens is 1. The molecule has 3 nitrogen and oxygen atoms in total. The number of hydrogen-bond donors (Lipinski definition) is 1. The van der Waals surface area contributed by atoms with E-state index < -0.39 is 0 Å². The van der Waals surface area contributed by atoms with E-state index in [4.69, 9.17) is 23.2 Å². The Morgan fingerprint density at radius 2 is 2.00 bits per heavy atom. The van der Waals surface area contributed by atoms with Crippen molar-refractivity contribution in [3.05, 3.63) is 52.1 Å². The highest BCUT2D eigenvalue weighted by atomic mass is 35.5. The van der Waals surface area contributed by atoms with Gasteiger partial charge >= 0.3 is 0 Å². The van der Waals surface area contributed by atoms with Gasteiger partial charge in [0.15, 0.2) is 0 Å². The summed E-state index contributed by atoms with van der Waals surface area (Å²) in [6.45, 7) is 5.04. The van der Waals surface area contributed by atoms with Gasteiger partial charge < -0.3 is 10.2 Å². The number of benzene rings is 1. The monoisotopic (exact) mass is 349 g/mol. The fourth-order valence-corrected chi connectivity index (χ4v) is 3.32. The summed E-state index contributed by atoms with van der Waals surface area (Å²) in [6, 6.07) is 9.68. The molecule has 0 saturated carbocycles. The summed E-state index contributed by atoms with van der Waals surface area (Å²) >= 11 is 12.4. The quantitative estimate of drug-likeness (QED) is 0.818. The molecule has 2 heterocycles. The van der Waals surface area contributed by atoms with Crippen molar-refractivity contribution in [3.8, 4) is 0 Å². The van der Waals surface area contributed by atoms with Crippen LogP contribution in [0.15, 0.2) is 36.5 Å². The Bertz CT molecular complexity index is 667. The summed E-state index contributed by atoms with van der Waals surface area (Å²) in [7, 11) is 0. The molecular formula is C18H21Cl2N3. The minimum Gasteiger partial charge on any atom is -0.381 e. The second-order valence-corrected chi connectivity index (χ2v) is 7.03. The van der Waals surface area contributed by atoms with E-state index in [0.29, 0.717) is 6.54 Å². The summed E-state index contributed by atoms with van der Waals surface area (Å²) in [5.41, 5.74) is 2.05. The van der Waals surface area contributed by atoms with Gasteiger partial charge in [-0.3, -0.25) is 0 Å². The smallest absolute Gasteiger partial charge is 0.147 e. The first-order valence-corrected chi connectivity index (χ1v) is 8.76. The van der Waals surface area contributed by atoms with Gasteiger partial charge in [0.25, 0.3) is 0 Å². The van der Waals surface area contributed by atoms with Crippen LogP contribution in [0.3, 0.4) is 0 Å². The predicted molar refractivity (Wildman–Crippen MR) is 98.6 cm³/mol. The average molecular weight is 350 g/mol. The Morgan fingerprint density at radius 3 is 2.70 bits per heavy atom. The third kappa shape index (κ3) is 4.30. The van der Waals surface area contributed by atoms with Crippen LogP contribution < -0.4 is 10.2 Å². The molecule has 1 aromatic heterocycles. The van der Waals surface area contributed by atoms with Gasteiger partial charge in [-0.25, -0.2) is 4.98 Å². The average Bonchev–Trinajstić information content (AvgIpc) is 2.54. The fourth-order valence-electron chi connectivity index (χ4n) is 2.82. The summed E-state index contributed by atoms with van der Waals surface area (Å²) in [5.74, 6) is 1.70. The van der Waals surface area contributed by atoms with Gasteiger partial charge in [0.1, 0.15) is 5.82 Å². The van der Waals surface area contributed by atoms with Crippen LogP contribution in [0.5, 0.6) is 0 Å². The first-order chi connectivity index (χ1) is 11.1. The predicted octanol–water partition coefficient (Wildman–Crippen LogP) is 5.24. The summed E-state index contributed by atoms with van der Waals surface area (Å²) in [4.78, 5) is 6.87. The van der Waals surface area contributed by atoms with Crippen molar-refractivity contribution in [1.29, 1.82) is 0 Å². The van der Waals surface area contributed by atoms with Crippen molar-refractivity contribution in [2.24, 2.45) is 5.92 Å².